The topological polar surface area (TPSA) is 29.0 Å². The van der Waals surface area contributed by atoms with Crippen molar-refractivity contribution < 1.29 is 13.2 Å². The molecule has 0 saturated carbocycles. The minimum absolute atomic E-state index is 0.662. The summed E-state index contributed by atoms with van der Waals surface area (Å²) in [5.41, 5.74) is 3.58. The van der Waals surface area contributed by atoms with Gasteiger partial charge < -0.3 is 4.90 Å². The van der Waals surface area contributed by atoms with E-state index in [-0.39, 0.29) is 0 Å². The Balaban J connectivity index is 1.69. The summed E-state index contributed by atoms with van der Waals surface area (Å²) in [7, 11) is 3.98. The minimum atomic E-state index is -4.33. The van der Waals surface area contributed by atoms with Crippen LogP contribution >= 0.6 is 0 Å². The molecule has 3 nitrogen and oxygen atoms in total. The number of alkyl halides is 3. The second-order valence-corrected chi connectivity index (χ2v) is 6.64. The van der Waals surface area contributed by atoms with Crippen molar-refractivity contribution in [1.82, 2.24) is 9.97 Å². The first-order valence-electron chi connectivity index (χ1n) is 8.94. The number of nitrogens with zero attached hydrogens (tertiary/aromatic N) is 3. The van der Waals surface area contributed by atoms with Gasteiger partial charge in [-0.25, -0.2) is 9.97 Å². The van der Waals surface area contributed by atoms with Crippen molar-refractivity contribution in [2.24, 2.45) is 0 Å². The molecule has 3 rings (SSSR count). The first-order chi connectivity index (χ1) is 13.8. The van der Waals surface area contributed by atoms with E-state index in [9.17, 15) is 13.2 Å². The van der Waals surface area contributed by atoms with E-state index >= 15 is 0 Å². The molecule has 0 saturated heterocycles. The largest absolute Gasteiger partial charge is 0.416 e. The number of hydrogen-bond donors (Lipinski definition) is 0. The van der Waals surface area contributed by atoms with Crippen molar-refractivity contribution in [3.8, 4) is 0 Å². The van der Waals surface area contributed by atoms with Gasteiger partial charge in [0.1, 0.15) is 6.33 Å². The molecular formula is C23H20F3N3. The molecule has 6 heteroatoms. The van der Waals surface area contributed by atoms with Gasteiger partial charge in [-0.15, -0.1) is 0 Å². The predicted molar refractivity (Wildman–Crippen MR) is 112 cm³/mol. The van der Waals surface area contributed by atoms with Crippen molar-refractivity contribution in [2.45, 2.75) is 6.18 Å². The maximum Gasteiger partial charge on any atom is 0.416 e. The Morgan fingerprint density at radius 1 is 0.724 bits per heavy atom. The number of anilines is 1. The lowest BCUT2D eigenvalue weighted by Crippen LogP contribution is -2.07. The number of hydrogen-bond acceptors (Lipinski definition) is 3. The summed E-state index contributed by atoms with van der Waals surface area (Å²) in [4.78, 5) is 10.4. The van der Waals surface area contributed by atoms with Gasteiger partial charge in [0.05, 0.1) is 17.0 Å². The summed E-state index contributed by atoms with van der Waals surface area (Å²) < 4.78 is 37.9. The zero-order chi connectivity index (χ0) is 20.9. The molecule has 0 radical (unpaired) electrons. The Morgan fingerprint density at radius 2 is 1.21 bits per heavy atom. The summed E-state index contributed by atoms with van der Waals surface area (Å²) >= 11 is 0. The SMILES string of the molecule is CN(C)c1ccc(/C=C/c2cc(/C=C/c3ccc(C(F)(F)F)cc3)ncn2)cc1. The van der Waals surface area contributed by atoms with Crippen LogP contribution < -0.4 is 4.90 Å². The standard InChI is InChI=1S/C23H20F3N3/c1-29(2)22-13-7-18(8-14-22)6-12-21-15-20(27-16-28-21)11-5-17-3-9-19(10-4-17)23(24,25)26/h3-16H,1-2H3/b11-5+,12-6+. The Bertz CT molecular complexity index is 1000. The van der Waals surface area contributed by atoms with Crippen LogP contribution in [0, 0.1) is 0 Å². The normalized spacial score (nSPS) is 12.0. The fraction of sp³-hybridized carbons (Fsp3) is 0.130. The third kappa shape index (κ3) is 5.78. The molecule has 0 N–H and O–H groups in total. The van der Waals surface area contributed by atoms with E-state index in [2.05, 4.69) is 9.97 Å². The van der Waals surface area contributed by atoms with Gasteiger partial charge >= 0.3 is 6.18 Å². The fourth-order valence-corrected chi connectivity index (χ4v) is 2.60. The molecule has 1 heterocycles. The third-order valence-corrected chi connectivity index (χ3v) is 4.25. The van der Waals surface area contributed by atoms with Crippen molar-refractivity contribution in [3.05, 3.63) is 89.0 Å². The quantitative estimate of drug-likeness (QED) is 0.538. The van der Waals surface area contributed by atoms with Crippen LogP contribution in [0.1, 0.15) is 28.1 Å². The van der Waals surface area contributed by atoms with Gasteiger partial charge in [0.15, 0.2) is 0 Å². The number of rotatable bonds is 5. The lowest BCUT2D eigenvalue weighted by Gasteiger charge is -2.11. The van der Waals surface area contributed by atoms with Crippen molar-refractivity contribution in [3.63, 3.8) is 0 Å². The van der Waals surface area contributed by atoms with Crippen LogP contribution in [0.15, 0.2) is 60.9 Å². The van der Waals surface area contributed by atoms with Gasteiger partial charge in [-0.05, 0) is 53.6 Å². The summed E-state index contributed by atoms with van der Waals surface area (Å²) in [6, 6.07) is 14.9. The predicted octanol–water partition coefficient (Wildman–Crippen LogP) is 5.90. The van der Waals surface area contributed by atoms with Gasteiger partial charge in [0.2, 0.25) is 0 Å². The summed E-state index contributed by atoms with van der Waals surface area (Å²) in [5, 5.41) is 0. The third-order valence-electron chi connectivity index (χ3n) is 4.25. The molecule has 0 fully saturated rings. The van der Waals surface area contributed by atoms with Crippen molar-refractivity contribution >= 4 is 30.0 Å². The second kappa shape index (κ2) is 8.73. The van der Waals surface area contributed by atoms with Crippen molar-refractivity contribution in [2.75, 3.05) is 19.0 Å². The maximum absolute atomic E-state index is 12.6. The molecule has 3 aromatic rings. The van der Waals surface area contributed by atoms with Gasteiger partial charge in [0.25, 0.3) is 0 Å². The minimum Gasteiger partial charge on any atom is -0.378 e. The van der Waals surface area contributed by atoms with E-state index in [0.29, 0.717) is 11.3 Å². The van der Waals surface area contributed by atoms with E-state index in [1.165, 1.54) is 18.5 Å². The summed E-state index contributed by atoms with van der Waals surface area (Å²) in [6.07, 6.45) is 4.44. The zero-order valence-corrected chi connectivity index (χ0v) is 16.1. The smallest absolute Gasteiger partial charge is 0.378 e. The molecule has 2 aromatic carbocycles. The molecule has 0 bridgehead atoms. The lowest BCUT2D eigenvalue weighted by atomic mass is 10.1. The first kappa shape index (κ1) is 20.3. The van der Waals surface area contributed by atoms with Gasteiger partial charge in [-0.2, -0.15) is 13.2 Å². The molecule has 148 valence electrons. The molecule has 0 aliphatic carbocycles. The first-order valence-corrected chi connectivity index (χ1v) is 8.94. The van der Waals surface area contributed by atoms with E-state index < -0.39 is 11.7 Å². The fourth-order valence-electron chi connectivity index (χ4n) is 2.60. The molecule has 0 aliphatic rings. The van der Waals surface area contributed by atoms with Crippen LogP contribution in [0.2, 0.25) is 0 Å². The average Bonchev–Trinajstić information content (AvgIpc) is 2.71. The van der Waals surface area contributed by atoms with Crippen LogP contribution in [0.3, 0.4) is 0 Å². The average molecular weight is 395 g/mol. The highest BCUT2D eigenvalue weighted by atomic mass is 19.4. The van der Waals surface area contributed by atoms with Crippen molar-refractivity contribution in [1.29, 1.82) is 0 Å². The molecule has 0 spiro atoms. The van der Waals surface area contributed by atoms with Crippen LogP contribution in [-0.4, -0.2) is 24.1 Å². The Kier molecular flexibility index (Phi) is 6.12. The number of aromatic nitrogens is 2. The molecular weight excluding hydrogens is 375 g/mol. The highest BCUT2D eigenvalue weighted by molar-refractivity contribution is 5.72. The Labute approximate surface area is 167 Å². The molecule has 29 heavy (non-hydrogen) atoms. The van der Waals surface area contributed by atoms with Crippen LogP contribution in [-0.2, 0) is 6.18 Å². The number of halogens is 3. The highest BCUT2D eigenvalue weighted by Crippen LogP contribution is 2.29. The second-order valence-electron chi connectivity index (χ2n) is 6.64. The Morgan fingerprint density at radius 3 is 1.66 bits per heavy atom. The molecule has 0 atom stereocenters. The van der Waals surface area contributed by atoms with Crippen LogP contribution in [0.25, 0.3) is 24.3 Å². The van der Waals surface area contributed by atoms with E-state index in [4.69, 9.17) is 0 Å². The lowest BCUT2D eigenvalue weighted by molar-refractivity contribution is -0.137. The Hall–Kier alpha value is -3.41. The summed E-state index contributed by atoms with van der Waals surface area (Å²) in [5.74, 6) is 0. The van der Waals surface area contributed by atoms with Gasteiger partial charge in [-0.1, -0.05) is 36.4 Å². The van der Waals surface area contributed by atoms with Crippen LogP contribution in [0.4, 0.5) is 18.9 Å². The zero-order valence-electron chi connectivity index (χ0n) is 16.1. The van der Waals surface area contributed by atoms with E-state index in [0.717, 1.165) is 29.1 Å². The summed E-state index contributed by atoms with van der Waals surface area (Å²) in [6.45, 7) is 0. The van der Waals surface area contributed by atoms with Crippen LogP contribution in [0.5, 0.6) is 0 Å². The maximum atomic E-state index is 12.6. The molecule has 0 amide bonds. The highest BCUT2D eigenvalue weighted by Gasteiger charge is 2.29. The molecule has 0 unspecified atom stereocenters. The molecule has 0 aliphatic heterocycles. The van der Waals surface area contributed by atoms with E-state index in [1.54, 1.807) is 12.2 Å². The monoisotopic (exact) mass is 395 g/mol. The molecule has 1 aromatic heterocycles. The van der Waals surface area contributed by atoms with E-state index in [1.807, 2.05) is 61.5 Å². The van der Waals surface area contributed by atoms with Gasteiger partial charge in [-0.3, -0.25) is 0 Å². The van der Waals surface area contributed by atoms with Gasteiger partial charge in [0, 0.05) is 19.8 Å². The number of benzene rings is 2.